The van der Waals surface area contributed by atoms with Gasteiger partial charge in [0.05, 0.1) is 5.69 Å². The summed E-state index contributed by atoms with van der Waals surface area (Å²) in [6, 6.07) is 1.38. The van der Waals surface area contributed by atoms with Crippen molar-refractivity contribution in [3.05, 3.63) is 23.1 Å². The van der Waals surface area contributed by atoms with Crippen molar-refractivity contribution in [3.8, 4) is 5.88 Å². The van der Waals surface area contributed by atoms with Gasteiger partial charge in [-0.05, 0) is 17.9 Å². The van der Waals surface area contributed by atoms with Gasteiger partial charge in [0.25, 0.3) is 0 Å². The zero-order valence-electron chi connectivity index (χ0n) is 9.00. The van der Waals surface area contributed by atoms with E-state index in [1.165, 1.54) is 6.07 Å². The molecule has 0 bridgehead atoms. The molecule has 0 aliphatic heterocycles. The minimum Gasteiger partial charge on any atom is -0.493 e. The van der Waals surface area contributed by atoms with E-state index in [1.807, 2.05) is 27.7 Å². The average Bonchev–Trinajstić information content (AvgIpc) is 2.07. The molecular formula is C11H16FNO. The molecule has 0 radical (unpaired) electrons. The van der Waals surface area contributed by atoms with Gasteiger partial charge in [-0.2, -0.15) is 0 Å². The molecule has 0 fully saturated rings. The van der Waals surface area contributed by atoms with Crippen molar-refractivity contribution in [3.63, 3.8) is 0 Å². The van der Waals surface area contributed by atoms with E-state index < -0.39 is 0 Å². The maximum atomic E-state index is 13.5. The van der Waals surface area contributed by atoms with Gasteiger partial charge in [0.2, 0.25) is 5.88 Å². The molecule has 14 heavy (non-hydrogen) atoms. The quantitative estimate of drug-likeness (QED) is 0.789. The largest absolute Gasteiger partial charge is 0.493 e. The van der Waals surface area contributed by atoms with Crippen LogP contribution in [0.3, 0.4) is 0 Å². The van der Waals surface area contributed by atoms with Gasteiger partial charge in [-0.3, -0.25) is 0 Å². The topological polar surface area (TPSA) is 33.1 Å². The summed E-state index contributed by atoms with van der Waals surface area (Å²) >= 11 is 0. The van der Waals surface area contributed by atoms with Crippen molar-refractivity contribution in [2.75, 3.05) is 0 Å². The smallest absolute Gasteiger partial charge is 0.214 e. The van der Waals surface area contributed by atoms with Crippen LogP contribution in [0.15, 0.2) is 6.07 Å². The molecule has 0 aliphatic carbocycles. The van der Waals surface area contributed by atoms with Crippen LogP contribution < -0.4 is 0 Å². The Balaban J connectivity index is 3.24. The Morgan fingerprint density at radius 2 is 1.79 bits per heavy atom. The fraction of sp³-hybridized carbons (Fsp3) is 0.545. The van der Waals surface area contributed by atoms with Crippen LogP contribution in [0.4, 0.5) is 4.39 Å². The Kier molecular flexibility index (Phi) is 3.09. The van der Waals surface area contributed by atoms with Crippen LogP contribution in [0.1, 0.15) is 50.8 Å². The van der Waals surface area contributed by atoms with Crippen LogP contribution in [0.25, 0.3) is 0 Å². The van der Waals surface area contributed by atoms with Crippen molar-refractivity contribution in [2.24, 2.45) is 0 Å². The molecule has 0 unspecified atom stereocenters. The monoisotopic (exact) mass is 197 g/mol. The van der Waals surface area contributed by atoms with Crippen LogP contribution >= 0.6 is 0 Å². The second-order valence-corrected chi connectivity index (χ2v) is 4.08. The number of nitrogens with zero attached hydrogens (tertiary/aromatic N) is 1. The number of aromatic nitrogens is 1. The van der Waals surface area contributed by atoms with E-state index in [0.717, 1.165) is 0 Å². The van der Waals surface area contributed by atoms with E-state index in [2.05, 4.69) is 4.98 Å². The van der Waals surface area contributed by atoms with Gasteiger partial charge < -0.3 is 5.11 Å². The van der Waals surface area contributed by atoms with Crippen LogP contribution in [0.2, 0.25) is 0 Å². The van der Waals surface area contributed by atoms with Gasteiger partial charge in [-0.25, -0.2) is 9.37 Å². The van der Waals surface area contributed by atoms with Crippen LogP contribution in [0.5, 0.6) is 5.88 Å². The number of hydrogen-bond donors (Lipinski definition) is 1. The molecule has 1 aromatic heterocycles. The predicted octanol–water partition coefficient (Wildman–Crippen LogP) is 3.17. The highest BCUT2D eigenvalue weighted by Gasteiger charge is 2.15. The van der Waals surface area contributed by atoms with Gasteiger partial charge in [-0.1, -0.05) is 27.7 Å². The third kappa shape index (κ3) is 2.03. The molecule has 0 aliphatic rings. The van der Waals surface area contributed by atoms with E-state index in [0.29, 0.717) is 11.3 Å². The molecule has 0 saturated heterocycles. The molecule has 0 amide bonds. The lowest BCUT2D eigenvalue weighted by molar-refractivity contribution is 0.432. The number of aromatic hydroxyl groups is 1. The summed E-state index contributed by atoms with van der Waals surface area (Å²) in [6.07, 6.45) is 0. The van der Waals surface area contributed by atoms with Crippen LogP contribution in [-0.4, -0.2) is 10.1 Å². The summed E-state index contributed by atoms with van der Waals surface area (Å²) in [5, 5.41) is 9.56. The molecule has 0 aromatic carbocycles. The molecule has 3 heteroatoms. The Hall–Kier alpha value is -1.12. The normalized spacial score (nSPS) is 11.4. The number of pyridine rings is 1. The molecule has 2 nitrogen and oxygen atoms in total. The molecule has 78 valence electrons. The highest BCUT2D eigenvalue weighted by Crippen LogP contribution is 2.27. The van der Waals surface area contributed by atoms with Gasteiger partial charge in [0.15, 0.2) is 0 Å². The van der Waals surface area contributed by atoms with Crippen molar-refractivity contribution in [1.82, 2.24) is 4.98 Å². The first-order valence-corrected chi connectivity index (χ1v) is 4.82. The summed E-state index contributed by atoms with van der Waals surface area (Å²) in [7, 11) is 0. The summed E-state index contributed by atoms with van der Waals surface area (Å²) < 4.78 is 13.5. The van der Waals surface area contributed by atoms with Gasteiger partial charge >= 0.3 is 0 Å². The Morgan fingerprint density at radius 1 is 1.21 bits per heavy atom. The van der Waals surface area contributed by atoms with E-state index in [-0.39, 0.29) is 23.5 Å². The number of halogens is 1. The minimum absolute atomic E-state index is 0.0119. The fourth-order valence-corrected chi connectivity index (χ4v) is 1.34. The zero-order chi connectivity index (χ0) is 10.9. The molecule has 1 aromatic rings. The Bertz CT molecular complexity index is 301. The third-order valence-corrected chi connectivity index (χ3v) is 2.18. The summed E-state index contributed by atoms with van der Waals surface area (Å²) in [6.45, 7) is 7.48. The van der Waals surface area contributed by atoms with Crippen molar-refractivity contribution >= 4 is 0 Å². The molecule has 0 saturated carbocycles. The highest BCUT2D eigenvalue weighted by atomic mass is 19.1. The standard InChI is InChI=1S/C11H16FNO/c1-6(2)8-5-9(12)10(7(3)4)13-11(8)14/h5-7H,1-4H3,(H,13,14). The molecule has 1 heterocycles. The second-order valence-electron chi connectivity index (χ2n) is 4.08. The Morgan fingerprint density at radius 3 is 2.21 bits per heavy atom. The van der Waals surface area contributed by atoms with Crippen molar-refractivity contribution in [2.45, 2.75) is 39.5 Å². The van der Waals surface area contributed by atoms with E-state index in [9.17, 15) is 9.50 Å². The summed E-state index contributed by atoms with van der Waals surface area (Å²) in [5.41, 5.74) is 0.888. The fourth-order valence-electron chi connectivity index (χ4n) is 1.34. The Labute approximate surface area is 83.8 Å². The van der Waals surface area contributed by atoms with Crippen LogP contribution in [0, 0.1) is 5.82 Å². The van der Waals surface area contributed by atoms with E-state index in [4.69, 9.17) is 0 Å². The first-order valence-electron chi connectivity index (χ1n) is 4.82. The average molecular weight is 197 g/mol. The van der Waals surface area contributed by atoms with Crippen molar-refractivity contribution < 1.29 is 9.50 Å². The molecule has 1 rings (SSSR count). The van der Waals surface area contributed by atoms with E-state index in [1.54, 1.807) is 0 Å². The SMILES string of the molecule is CC(C)c1cc(F)c(C(C)C)nc1O. The van der Waals surface area contributed by atoms with Gasteiger partial charge in [0, 0.05) is 5.56 Å². The lowest BCUT2D eigenvalue weighted by atomic mass is 10.0. The minimum atomic E-state index is -0.332. The molecule has 0 spiro atoms. The molecule has 0 atom stereocenters. The predicted molar refractivity (Wildman–Crippen MR) is 54.0 cm³/mol. The van der Waals surface area contributed by atoms with E-state index >= 15 is 0 Å². The lowest BCUT2D eigenvalue weighted by Gasteiger charge is -2.11. The maximum Gasteiger partial charge on any atom is 0.214 e. The summed E-state index contributed by atoms with van der Waals surface area (Å²) in [4.78, 5) is 3.87. The number of hydrogen-bond acceptors (Lipinski definition) is 2. The van der Waals surface area contributed by atoms with Crippen molar-refractivity contribution in [1.29, 1.82) is 0 Å². The molecule has 1 N–H and O–H groups in total. The maximum absolute atomic E-state index is 13.5. The first-order chi connectivity index (χ1) is 6.43. The van der Waals surface area contributed by atoms with Crippen LogP contribution in [-0.2, 0) is 0 Å². The van der Waals surface area contributed by atoms with Gasteiger partial charge in [0.1, 0.15) is 5.82 Å². The third-order valence-electron chi connectivity index (χ3n) is 2.18. The zero-order valence-corrected chi connectivity index (χ0v) is 9.00. The van der Waals surface area contributed by atoms with Gasteiger partial charge in [-0.15, -0.1) is 0 Å². The number of rotatable bonds is 2. The summed E-state index contributed by atoms with van der Waals surface area (Å²) in [5.74, 6) is -0.313. The first kappa shape index (κ1) is 11.0. The lowest BCUT2D eigenvalue weighted by Crippen LogP contribution is -2.01. The second kappa shape index (κ2) is 3.95. The molecular weight excluding hydrogens is 181 g/mol. The highest BCUT2D eigenvalue weighted by molar-refractivity contribution is 5.31.